The Balaban J connectivity index is 1.15. The molecule has 5 rings (SSSR count). The zero-order chi connectivity index (χ0) is 26.5. The number of hydrogen-bond donors (Lipinski definition) is 3. The summed E-state index contributed by atoms with van der Waals surface area (Å²) in [7, 11) is 0. The number of aromatic nitrogens is 3. The maximum absolute atomic E-state index is 13.5. The molecule has 3 N–H and O–H groups in total. The smallest absolute Gasteiger partial charge is 0.249 e. The van der Waals surface area contributed by atoms with E-state index in [1.165, 1.54) is 18.9 Å². The van der Waals surface area contributed by atoms with Gasteiger partial charge in [-0.15, -0.1) is 0 Å². The van der Waals surface area contributed by atoms with Gasteiger partial charge >= 0.3 is 0 Å². The van der Waals surface area contributed by atoms with E-state index in [0.29, 0.717) is 37.1 Å². The minimum Gasteiger partial charge on any atom is -0.309 e. The molecule has 0 bridgehead atoms. The number of hydrogen-bond acceptors (Lipinski definition) is 5. The Kier molecular flexibility index (Phi) is 7.93. The first-order valence-electron chi connectivity index (χ1n) is 13.2. The summed E-state index contributed by atoms with van der Waals surface area (Å²) in [5, 5.41) is 12.9. The van der Waals surface area contributed by atoms with Gasteiger partial charge in [0, 0.05) is 48.6 Å². The number of carbonyl (C=O) groups is 2. The molecule has 9 heteroatoms. The summed E-state index contributed by atoms with van der Waals surface area (Å²) >= 11 is 0. The van der Waals surface area contributed by atoms with E-state index >= 15 is 0 Å². The lowest BCUT2D eigenvalue weighted by Crippen LogP contribution is -2.36. The Morgan fingerprint density at radius 3 is 2.76 bits per heavy atom. The lowest BCUT2D eigenvalue weighted by molar-refractivity contribution is -0.117. The van der Waals surface area contributed by atoms with Gasteiger partial charge in [0.2, 0.25) is 11.8 Å². The topological polar surface area (TPSA) is 103 Å². The van der Waals surface area contributed by atoms with Crippen molar-refractivity contribution in [3.63, 3.8) is 0 Å². The fraction of sp³-hybridized carbons (Fsp3) is 0.379. The number of nitrogens with zero attached hydrogens (tertiary/aromatic N) is 3. The lowest BCUT2D eigenvalue weighted by atomic mass is 9.96. The monoisotopic (exact) mass is 516 g/mol. The number of nitrogens with one attached hydrogen (secondary N) is 3. The first-order valence-corrected chi connectivity index (χ1v) is 13.2. The predicted molar refractivity (Wildman–Crippen MR) is 146 cm³/mol. The molecular weight excluding hydrogens is 483 g/mol. The summed E-state index contributed by atoms with van der Waals surface area (Å²) in [5.41, 5.74) is 3.76. The highest BCUT2D eigenvalue weighted by molar-refractivity contribution is 5.98. The molecule has 198 valence electrons. The number of pyridine rings is 1. The largest absolute Gasteiger partial charge is 0.309 e. The normalized spacial score (nSPS) is 18.8. The van der Waals surface area contributed by atoms with E-state index < -0.39 is 6.17 Å². The number of H-pyrrole nitrogens is 1. The van der Waals surface area contributed by atoms with Crippen LogP contribution in [0.3, 0.4) is 0 Å². The van der Waals surface area contributed by atoms with Gasteiger partial charge in [-0.25, -0.2) is 9.37 Å². The van der Waals surface area contributed by atoms with E-state index in [1.807, 2.05) is 48.2 Å². The average Bonchev–Trinajstić information content (AvgIpc) is 3.67. The van der Waals surface area contributed by atoms with Crippen LogP contribution >= 0.6 is 0 Å². The second-order valence-electron chi connectivity index (χ2n) is 10.1. The quantitative estimate of drug-likeness (QED) is 0.347. The summed E-state index contributed by atoms with van der Waals surface area (Å²) in [6.45, 7) is 3.70. The zero-order valence-electron chi connectivity index (χ0n) is 21.5. The third kappa shape index (κ3) is 6.72. The van der Waals surface area contributed by atoms with E-state index in [1.54, 1.807) is 18.3 Å². The van der Waals surface area contributed by atoms with E-state index in [9.17, 15) is 14.0 Å². The maximum atomic E-state index is 13.5. The minimum atomic E-state index is -0.781. The van der Waals surface area contributed by atoms with Crippen molar-refractivity contribution >= 4 is 23.5 Å². The molecule has 0 spiro atoms. The van der Waals surface area contributed by atoms with Crippen LogP contribution in [0.15, 0.2) is 60.8 Å². The van der Waals surface area contributed by atoms with Gasteiger partial charge in [-0.2, -0.15) is 5.10 Å². The SMILES string of the molecule is CC(C(=O)Nc1cc(C2CC2)[nH]n1)c1cccc(-c2ccc(NC(=O)C=CCN3CCCC(F)C3)nc2)c1. The highest BCUT2D eigenvalue weighted by Crippen LogP contribution is 2.39. The second-order valence-corrected chi connectivity index (χ2v) is 10.1. The highest BCUT2D eigenvalue weighted by Gasteiger charge is 2.26. The Bertz CT molecular complexity index is 1300. The molecule has 1 aromatic carbocycles. The Morgan fingerprint density at radius 1 is 1.13 bits per heavy atom. The summed E-state index contributed by atoms with van der Waals surface area (Å²) < 4.78 is 13.5. The molecule has 2 fully saturated rings. The molecule has 2 amide bonds. The number of likely N-dealkylation sites (tertiary alicyclic amines) is 1. The van der Waals surface area contributed by atoms with Gasteiger partial charge in [-0.1, -0.05) is 30.3 Å². The number of carbonyl (C=O) groups excluding carboxylic acids is 2. The van der Waals surface area contributed by atoms with E-state index in [0.717, 1.165) is 35.3 Å². The van der Waals surface area contributed by atoms with Gasteiger partial charge in [0.15, 0.2) is 5.82 Å². The van der Waals surface area contributed by atoms with Crippen molar-refractivity contribution in [3.8, 4) is 11.1 Å². The first-order chi connectivity index (χ1) is 18.4. The van der Waals surface area contributed by atoms with Crippen LogP contribution in [0.5, 0.6) is 0 Å². The molecule has 1 saturated carbocycles. The molecule has 38 heavy (non-hydrogen) atoms. The predicted octanol–water partition coefficient (Wildman–Crippen LogP) is 5.02. The van der Waals surface area contributed by atoms with Crippen molar-refractivity contribution in [2.45, 2.75) is 50.6 Å². The number of amides is 2. The van der Waals surface area contributed by atoms with Crippen molar-refractivity contribution in [3.05, 3.63) is 72.1 Å². The first kappa shape index (κ1) is 25.8. The molecule has 1 aliphatic heterocycles. The number of anilines is 2. The van der Waals surface area contributed by atoms with Crippen LogP contribution in [0, 0.1) is 0 Å². The molecule has 8 nitrogen and oxygen atoms in total. The molecule has 0 radical (unpaired) electrons. The standard InChI is InChI=1S/C29H33FN6O2/c1-19(29(38)33-27-16-25(34-35-27)20-9-10-20)21-5-2-6-22(15-21)23-11-12-26(31-17-23)32-28(37)8-4-14-36-13-3-7-24(30)18-36/h2,4-6,8,11-12,15-17,19-20,24H,3,7,9-10,13-14,18H2,1H3,(H,31,32,37)(H2,33,34,35,38). The van der Waals surface area contributed by atoms with Crippen LogP contribution in [0.1, 0.15) is 55.7 Å². The van der Waals surface area contributed by atoms with E-state index in [4.69, 9.17) is 0 Å². The third-order valence-electron chi connectivity index (χ3n) is 7.07. The number of alkyl halides is 1. The lowest BCUT2D eigenvalue weighted by Gasteiger charge is -2.27. The second kappa shape index (κ2) is 11.7. The van der Waals surface area contributed by atoms with Gasteiger partial charge in [0.25, 0.3) is 0 Å². The number of halogens is 1. The summed E-state index contributed by atoms with van der Waals surface area (Å²) in [6, 6.07) is 13.3. The van der Waals surface area contributed by atoms with Crippen molar-refractivity contribution in [2.24, 2.45) is 0 Å². The summed E-state index contributed by atoms with van der Waals surface area (Å²) in [6.07, 6.45) is 7.93. The summed E-state index contributed by atoms with van der Waals surface area (Å²) in [4.78, 5) is 31.5. The number of piperidine rings is 1. The fourth-order valence-electron chi connectivity index (χ4n) is 4.66. The molecule has 2 atom stereocenters. The van der Waals surface area contributed by atoms with Crippen molar-refractivity contribution in [1.29, 1.82) is 0 Å². The third-order valence-corrected chi connectivity index (χ3v) is 7.07. The van der Waals surface area contributed by atoms with E-state index in [-0.39, 0.29) is 17.7 Å². The maximum Gasteiger partial charge on any atom is 0.249 e. The van der Waals surface area contributed by atoms with Crippen LogP contribution in [0.4, 0.5) is 16.0 Å². The zero-order valence-corrected chi connectivity index (χ0v) is 21.5. The number of aromatic amines is 1. The van der Waals surface area contributed by atoms with Gasteiger partial charge in [-0.3, -0.25) is 19.6 Å². The minimum absolute atomic E-state index is 0.120. The van der Waals surface area contributed by atoms with Gasteiger partial charge < -0.3 is 10.6 Å². The van der Waals surface area contributed by atoms with Crippen molar-refractivity contribution < 1.29 is 14.0 Å². The van der Waals surface area contributed by atoms with Crippen LogP contribution in [-0.2, 0) is 9.59 Å². The molecule has 1 saturated heterocycles. The highest BCUT2D eigenvalue weighted by atomic mass is 19.1. The van der Waals surface area contributed by atoms with Crippen molar-refractivity contribution in [2.75, 3.05) is 30.3 Å². The fourth-order valence-corrected chi connectivity index (χ4v) is 4.66. The molecule has 2 aliphatic rings. The Hall–Kier alpha value is -3.85. The molecule has 1 aliphatic carbocycles. The summed E-state index contributed by atoms with van der Waals surface area (Å²) in [5.74, 6) is 0.778. The molecule has 2 unspecified atom stereocenters. The van der Waals surface area contributed by atoms with Gasteiger partial charge in [-0.05, 0) is 62.4 Å². The van der Waals surface area contributed by atoms with Crippen LogP contribution in [0.25, 0.3) is 11.1 Å². The number of benzene rings is 1. The average molecular weight is 517 g/mol. The van der Waals surface area contributed by atoms with Crippen LogP contribution in [0.2, 0.25) is 0 Å². The molecule has 2 aromatic heterocycles. The number of rotatable bonds is 9. The molecule has 3 aromatic rings. The van der Waals surface area contributed by atoms with Crippen LogP contribution < -0.4 is 10.6 Å². The van der Waals surface area contributed by atoms with E-state index in [2.05, 4.69) is 25.8 Å². The van der Waals surface area contributed by atoms with Crippen LogP contribution in [-0.4, -0.2) is 57.7 Å². The van der Waals surface area contributed by atoms with Crippen molar-refractivity contribution in [1.82, 2.24) is 20.1 Å². The van der Waals surface area contributed by atoms with Gasteiger partial charge in [0.05, 0.1) is 5.92 Å². The molecular formula is C29H33FN6O2. The van der Waals surface area contributed by atoms with Gasteiger partial charge in [0.1, 0.15) is 12.0 Å². The molecule has 3 heterocycles. The Morgan fingerprint density at radius 2 is 2.00 bits per heavy atom. The Labute approximate surface area is 221 Å².